The van der Waals surface area contributed by atoms with Gasteiger partial charge in [0.1, 0.15) is 25.4 Å². The summed E-state index contributed by atoms with van der Waals surface area (Å²) in [5.41, 5.74) is -4.76. The van der Waals surface area contributed by atoms with Gasteiger partial charge in [-0.3, -0.25) is 28.8 Å². The Kier molecular flexibility index (Phi) is 17.6. The number of carbonyl (C=O) groups is 6. The molecule has 3 spiro atoms. The average Bonchev–Trinajstić information content (AvgIpc) is 1.24. The maximum atomic E-state index is 13.6. The van der Waals surface area contributed by atoms with E-state index in [-0.39, 0.29) is 66.6 Å². The summed E-state index contributed by atoms with van der Waals surface area (Å²) in [4.78, 5) is 118. The number of nitrogens with one attached hydrogen (secondary N) is 1. The van der Waals surface area contributed by atoms with Gasteiger partial charge < -0.3 is 62.2 Å². The molecule has 494 valence electrons. The van der Waals surface area contributed by atoms with E-state index >= 15 is 0 Å². The molecule has 15 fully saturated rings. The van der Waals surface area contributed by atoms with Crippen molar-refractivity contribution in [3.8, 4) is 0 Å². The predicted molar refractivity (Wildman–Crippen MR) is 296 cm³/mol. The Labute approximate surface area is 514 Å². The monoisotopic (exact) mass is 1250 g/mol. The first kappa shape index (κ1) is 64.4. The number of hydrogen-bond donors (Lipinski definition) is 1. The second-order valence-electron chi connectivity index (χ2n) is 28.9. The number of fused-ring (bicyclic) bond motifs is 6. The first-order chi connectivity index (χ1) is 41.7. The summed E-state index contributed by atoms with van der Waals surface area (Å²) in [6.45, 7) is 18.5. The maximum absolute atomic E-state index is 13.6. The number of rotatable bonds is 19. The first-order valence-corrected chi connectivity index (χ1v) is 32.6. The third-order valence-electron chi connectivity index (χ3n) is 23.5. The van der Waals surface area contributed by atoms with E-state index < -0.39 is 158 Å². The van der Waals surface area contributed by atoms with Crippen molar-refractivity contribution in [1.29, 1.82) is 0 Å². The molecule has 0 unspecified atom stereocenters. The number of hydrogen-bond acceptors (Lipinski definition) is 25. The summed E-state index contributed by atoms with van der Waals surface area (Å²) in [6, 6.07) is 0. The van der Waals surface area contributed by atoms with E-state index in [0.717, 1.165) is 57.8 Å². The minimum absolute atomic E-state index is 0.0819. The standard InChI is InChI=1S/C63H93NO24/c1-33-12-14-42-36(4)50(77-53-61(42)39(33)23-27-57(8,80-53)83-86-61)74-47(68)19-16-44(65)71-30-60(64-11,31-72-45(66)17-20-48(69)75-51-37(5)43-15-13-34(2)40-24-28-58(9)81-54(78-51)62(40,43)87-84-58)32-73-46(67)18-21-49(70)76-52-38(6)56(7)26-22-35(3)41-25-29-59(10)82-55(79-52)63(41,56)88-85-59/h33-43,50-55,64H,12-32H2,1-11H3/t33-,34-,35-,36-,37-,38+,39+,40+,41+,42+,43+,50-,51-,52-,53-,54-,55-,56+,57-,58-,59-,61-,62-,63+/m1/s1. The molecule has 24 atom stereocenters. The largest absolute Gasteiger partial charge is 0.463 e. The van der Waals surface area contributed by atoms with Crippen LogP contribution < -0.4 is 5.32 Å². The van der Waals surface area contributed by atoms with Gasteiger partial charge in [-0.15, -0.1) is 0 Å². The molecule has 12 aliphatic heterocycles. The fourth-order valence-corrected chi connectivity index (χ4v) is 17.7. The lowest BCUT2D eigenvalue weighted by Gasteiger charge is -2.65. The van der Waals surface area contributed by atoms with E-state index in [1.54, 1.807) is 0 Å². The lowest BCUT2D eigenvalue weighted by molar-refractivity contribution is -0.586. The predicted octanol–water partition coefficient (Wildman–Crippen LogP) is 7.56. The number of esters is 6. The molecule has 3 saturated carbocycles. The highest BCUT2D eigenvalue weighted by molar-refractivity contribution is 5.79. The maximum Gasteiger partial charge on any atom is 0.308 e. The Hall–Kier alpha value is -3.70. The summed E-state index contributed by atoms with van der Waals surface area (Å²) in [5, 5.41) is 2.99. The zero-order valence-corrected chi connectivity index (χ0v) is 53.0. The van der Waals surface area contributed by atoms with Crippen molar-refractivity contribution in [1.82, 2.24) is 5.32 Å². The molecule has 15 aliphatic rings. The van der Waals surface area contributed by atoms with Crippen molar-refractivity contribution < 1.29 is 115 Å². The first-order valence-electron chi connectivity index (χ1n) is 32.6. The van der Waals surface area contributed by atoms with Crippen LogP contribution in [0.15, 0.2) is 0 Å². The minimum Gasteiger partial charge on any atom is -0.463 e. The lowest BCUT2D eigenvalue weighted by Crippen LogP contribution is -2.74. The molecule has 0 radical (unpaired) electrons. The van der Waals surface area contributed by atoms with E-state index in [0.29, 0.717) is 37.0 Å². The minimum atomic E-state index is -1.57. The van der Waals surface area contributed by atoms with Gasteiger partial charge in [-0.05, 0) is 121 Å². The summed E-state index contributed by atoms with van der Waals surface area (Å²) in [7, 11) is 1.49. The van der Waals surface area contributed by atoms with Crippen molar-refractivity contribution in [3.63, 3.8) is 0 Å². The molecule has 12 heterocycles. The molecular formula is C63H93NO24. The smallest absolute Gasteiger partial charge is 0.308 e. The fraction of sp³-hybridized carbons (Fsp3) is 0.905. The number of ether oxygens (including phenoxy) is 12. The van der Waals surface area contributed by atoms with Crippen molar-refractivity contribution >= 4 is 35.8 Å². The Morgan fingerprint density at radius 1 is 0.420 bits per heavy atom. The molecule has 88 heavy (non-hydrogen) atoms. The summed E-state index contributed by atoms with van der Waals surface area (Å²) < 4.78 is 73.5. The molecular weight excluding hydrogens is 1150 g/mol. The summed E-state index contributed by atoms with van der Waals surface area (Å²) in [6.07, 6.45) is 1.65. The molecule has 12 saturated heterocycles. The van der Waals surface area contributed by atoms with Gasteiger partial charge in [0.2, 0.25) is 36.2 Å². The van der Waals surface area contributed by atoms with E-state index in [9.17, 15) is 28.8 Å². The van der Waals surface area contributed by atoms with Gasteiger partial charge in [0.05, 0.1) is 38.5 Å². The third-order valence-corrected chi connectivity index (χ3v) is 23.5. The van der Waals surface area contributed by atoms with E-state index in [1.165, 1.54) is 7.05 Å². The highest BCUT2D eigenvalue weighted by Crippen LogP contribution is 2.67. The van der Waals surface area contributed by atoms with E-state index in [2.05, 4.69) is 33.0 Å². The van der Waals surface area contributed by atoms with Crippen LogP contribution in [0.5, 0.6) is 0 Å². The zero-order chi connectivity index (χ0) is 62.6. The fourth-order valence-electron chi connectivity index (χ4n) is 17.7. The van der Waals surface area contributed by atoms with Crippen LogP contribution in [0.3, 0.4) is 0 Å². The van der Waals surface area contributed by atoms with Crippen LogP contribution in [0.2, 0.25) is 0 Å². The van der Waals surface area contributed by atoms with Crippen LogP contribution in [-0.2, 0) is 115 Å². The Morgan fingerprint density at radius 3 is 1.24 bits per heavy atom. The van der Waals surface area contributed by atoms with Gasteiger partial charge >= 0.3 is 35.8 Å². The summed E-state index contributed by atoms with van der Waals surface area (Å²) >= 11 is 0. The van der Waals surface area contributed by atoms with Crippen LogP contribution >= 0.6 is 0 Å². The van der Waals surface area contributed by atoms with Crippen LogP contribution in [0.4, 0.5) is 0 Å². The SMILES string of the molecule is CNC(COC(=O)CCC(=O)O[C@@H]1O[C@@H]2O[C@@]3(C)CC[C@H]4[C@H](C)CC[C@@H]([C@H]1C)[C@@]24OO3)(COC(=O)CCC(=O)O[C@@H]1O[C@@H]2O[C@@]3(C)CC[C@H]4[C@H](C)CC[C@@H]([C@H]1C)[C@@]24OO3)COC(=O)CCC(=O)O[C@@H]1O[C@@H]2O[C@@]3(C)CC[C@H]4[C@H](C)CC[C@@](C)([C@H]1C)[C@@]24OO3. The van der Waals surface area contributed by atoms with Crippen molar-refractivity contribution in [2.45, 2.75) is 262 Å². The third kappa shape index (κ3) is 11.1. The molecule has 1 N–H and O–H groups in total. The second-order valence-corrected chi connectivity index (χ2v) is 28.9. The van der Waals surface area contributed by atoms with Crippen molar-refractivity contribution in [3.05, 3.63) is 0 Å². The lowest BCUT2D eigenvalue weighted by atomic mass is 9.50. The van der Waals surface area contributed by atoms with Gasteiger partial charge in [-0.2, -0.15) is 0 Å². The van der Waals surface area contributed by atoms with E-state index in [1.807, 2.05) is 41.5 Å². The molecule has 0 aromatic rings. The number of likely N-dealkylation sites (N-methyl/N-ethyl adjacent to an activating group) is 1. The van der Waals surface area contributed by atoms with Crippen molar-refractivity contribution in [2.75, 3.05) is 26.9 Å². The molecule has 0 amide bonds. The van der Waals surface area contributed by atoms with Gasteiger partial charge in [-0.1, -0.05) is 48.5 Å². The van der Waals surface area contributed by atoms with Crippen LogP contribution in [0.25, 0.3) is 0 Å². The Balaban J connectivity index is 0.658. The molecule has 0 aromatic heterocycles. The summed E-state index contributed by atoms with van der Waals surface area (Å²) in [5.74, 6) is -7.47. The van der Waals surface area contributed by atoms with E-state index in [4.69, 9.17) is 86.2 Å². The second kappa shape index (κ2) is 24.0. The van der Waals surface area contributed by atoms with Gasteiger partial charge in [-0.25, -0.2) is 29.3 Å². The average molecular weight is 1250 g/mol. The molecule has 3 aliphatic carbocycles. The Morgan fingerprint density at radius 2 is 0.795 bits per heavy atom. The van der Waals surface area contributed by atoms with Gasteiger partial charge in [0.15, 0.2) is 35.7 Å². The van der Waals surface area contributed by atoms with Crippen LogP contribution in [0.1, 0.15) is 185 Å². The number of carbonyl (C=O) groups excluding carboxylic acids is 6. The molecule has 15 rings (SSSR count). The molecule has 0 aromatic carbocycles. The Bertz CT molecular complexity index is 2550. The van der Waals surface area contributed by atoms with Crippen LogP contribution in [0, 0.1) is 70.5 Å². The molecule has 25 heteroatoms. The highest BCUT2D eigenvalue weighted by atomic mass is 17.3. The molecule has 6 bridgehead atoms. The quantitative estimate of drug-likeness (QED) is 0.0741. The topological polar surface area (TPSA) is 281 Å². The zero-order valence-electron chi connectivity index (χ0n) is 53.0. The highest BCUT2D eigenvalue weighted by Gasteiger charge is 2.76. The van der Waals surface area contributed by atoms with Crippen LogP contribution in [-0.4, -0.2) is 140 Å². The van der Waals surface area contributed by atoms with Gasteiger partial charge in [0.25, 0.3) is 0 Å². The van der Waals surface area contributed by atoms with Gasteiger partial charge in [0, 0.05) is 54.3 Å². The normalized spacial score (nSPS) is 46.9. The van der Waals surface area contributed by atoms with Crippen molar-refractivity contribution in [2.24, 2.45) is 70.5 Å². The molecule has 25 nitrogen and oxygen atoms in total.